The Morgan fingerprint density at radius 3 is 2.48 bits per heavy atom. The maximum atomic E-state index is 13.0. The fraction of sp³-hybridized carbons (Fsp3) is 0.182. The summed E-state index contributed by atoms with van der Waals surface area (Å²) in [6.07, 6.45) is 0.588. The molecule has 2 aromatic carbocycles. The summed E-state index contributed by atoms with van der Waals surface area (Å²) in [5.41, 5.74) is 3.27. The number of rotatable bonds is 6. The van der Waals surface area contributed by atoms with Gasteiger partial charge in [-0.2, -0.15) is 0 Å². The molecule has 29 heavy (non-hydrogen) atoms. The topological polar surface area (TPSA) is 45.2 Å². The molecule has 0 aliphatic heterocycles. The van der Waals surface area contributed by atoms with E-state index in [1.165, 1.54) is 0 Å². The van der Waals surface area contributed by atoms with Crippen molar-refractivity contribution in [3.05, 3.63) is 92.7 Å². The first-order chi connectivity index (χ1) is 13.9. The Hall–Kier alpha value is -2.27. The zero-order valence-corrected chi connectivity index (χ0v) is 18.1. The number of anilines is 1. The van der Waals surface area contributed by atoms with Crippen molar-refractivity contribution in [3.63, 3.8) is 0 Å². The lowest BCUT2D eigenvalue weighted by atomic mass is 10.1. The second-order valence-corrected chi connectivity index (χ2v) is 7.90. The molecule has 2 amide bonds. The molecule has 0 aliphatic rings. The quantitative estimate of drug-likeness (QED) is 0.460. The first kappa shape index (κ1) is 21.4. The van der Waals surface area contributed by atoms with E-state index < -0.39 is 0 Å². The van der Waals surface area contributed by atoms with Gasteiger partial charge in [0.15, 0.2) is 0 Å². The fourth-order valence-corrected chi connectivity index (χ4v) is 3.58. The lowest BCUT2D eigenvalue weighted by molar-refractivity contribution is 0.209. The SMILES string of the molecule is Cc1cccc(CN(CCc2ccc(Cl)cc2Cl)C(=O)Nc2cccc(Cl)c2)n1. The number of halogens is 3. The Kier molecular flexibility index (Phi) is 7.37. The van der Waals surface area contributed by atoms with Crippen LogP contribution in [0, 0.1) is 6.92 Å². The normalized spacial score (nSPS) is 10.6. The van der Waals surface area contributed by atoms with E-state index in [2.05, 4.69) is 10.3 Å². The summed E-state index contributed by atoms with van der Waals surface area (Å²) in [5.74, 6) is 0. The van der Waals surface area contributed by atoms with E-state index in [0.29, 0.717) is 40.3 Å². The largest absolute Gasteiger partial charge is 0.322 e. The molecule has 0 spiro atoms. The van der Waals surface area contributed by atoms with Crippen molar-refractivity contribution in [1.82, 2.24) is 9.88 Å². The fourth-order valence-electron chi connectivity index (χ4n) is 2.88. The average molecular weight is 449 g/mol. The molecule has 0 aliphatic carbocycles. The molecule has 7 heteroatoms. The van der Waals surface area contributed by atoms with Crippen LogP contribution in [0.3, 0.4) is 0 Å². The number of hydrogen-bond donors (Lipinski definition) is 1. The molecule has 1 aromatic heterocycles. The molecular weight excluding hydrogens is 429 g/mol. The third-order valence-corrected chi connectivity index (χ3v) is 5.15. The zero-order valence-electron chi connectivity index (χ0n) is 15.8. The minimum Gasteiger partial charge on any atom is -0.318 e. The van der Waals surface area contributed by atoms with Gasteiger partial charge < -0.3 is 10.2 Å². The summed E-state index contributed by atoms with van der Waals surface area (Å²) in [4.78, 5) is 19.2. The Balaban J connectivity index is 1.77. The maximum absolute atomic E-state index is 13.0. The molecule has 150 valence electrons. The van der Waals surface area contributed by atoms with Gasteiger partial charge in [-0.15, -0.1) is 0 Å². The van der Waals surface area contributed by atoms with E-state index in [0.717, 1.165) is 17.0 Å². The van der Waals surface area contributed by atoms with E-state index in [1.54, 1.807) is 41.3 Å². The molecule has 0 fully saturated rings. The number of aromatic nitrogens is 1. The number of carbonyl (C=O) groups excluding carboxylic acids is 1. The van der Waals surface area contributed by atoms with Gasteiger partial charge in [0.1, 0.15) is 0 Å². The Bertz CT molecular complexity index is 1010. The highest BCUT2D eigenvalue weighted by molar-refractivity contribution is 6.35. The van der Waals surface area contributed by atoms with Gasteiger partial charge in [0.25, 0.3) is 0 Å². The van der Waals surface area contributed by atoms with E-state index >= 15 is 0 Å². The number of urea groups is 1. The van der Waals surface area contributed by atoms with Crippen molar-refractivity contribution in [2.24, 2.45) is 0 Å². The Labute approximate surface area is 185 Å². The molecule has 0 bridgehead atoms. The van der Waals surface area contributed by atoms with Crippen molar-refractivity contribution >= 4 is 46.5 Å². The van der Waals surface area contributed by atoms with Crippen LogP contribution >= 0.6 is 34.8 Å². The number of carbonyl (C=O) groups is 1. The molecule has 0 saturated carbocycles. The number of pyridine rings is 1. The predicted octanol–water partition coefficient (Wildman–Crippen LogP) is 6.63. The number of nitrogens with zero attached hydrogens (tertiary/aromatic N) is 2. The van der Waals surface area contributed by atoms with E-state index in [9.17, 15) is 4.79 Å². The van der Waals surface area contributed by atoms with Gasteiger partial charge in [-0.3, -0.25) is 4.98 Å². The minimum absolute atomic E-state index is 0.236. The van der Waals surface area contributed by atoms with Crippen LogP contribution in [-0.2, 0) is 13.0 Å². The smallest absolute Gasteiger partial charge is 0.318 e. The van der Waals surface area contributed by atoms with Crippen LogP contribution in [0.15, 0.2) is 60.7 Å². The Morgan fingerprint density at radius 1 is 1.00 bits per heavy atom. The second kappa shape index (κ2) is 9.97. The van der Waals surface area contributed by atoms with Gasteiger partial charge in [0.2, 0.25) is 0 Å². The van der Waals surface area contributed by atoms with Crippen LogP contribution in [-0.4, -0.2) is 22.5 Å². The average Bonchev–Trinajstić information content (AvgIpc) is 2.66. The molecule has 0 radical (unpaired) electrons. The third kappa shape index (κ3) is 6.36. The molecule has 1 N–H and O–H groups in total. The second-order valence-electron chi connectivity index (χ2n) is 6.62. The van der Waals surface area contributed by atoms with Gasteiger partial charge >= 0.3 is 6.03 Å². The van der Waals surface area contributed by atoms with Crippen LogP contribution < -0.4 is 5.32 Å². The number of nitrogens with one attached hydrogen (secondary N) is 1. The minimum atomic E-state index is -0.236. The standard InChI is InChI=1S/C22H20Cl3N3O/c1-15-4-2-7-20(26-15)14-28(11-10-16-8-9-18(24)13-21(16)25)22(29)27-19-6-3-5-17(23)12-19/h2-9,12-13H,10-11,14H2,1H3,(H,27,29). The van der Waals surface area contributed by atoms with Gasteiger partial charge in [-0.05, 0) is 61.4 Å². The first-order valence-electron chi connectivity index (χ1n) is 9.08. The first-order valence-corrected chi connectivity index (χ1v) is 10.2. The van der Waals surface area contributed by atoms with Crippen LogP contribution in [0.25, 0.3) is 0 Å². The van der Waals surface area contributed by atoms with E-state index in [-0.39, 0.29) is 6.03 Å². The van der Waals surface area contributed by atoms with Crippen LogP contribution in [0.5, 0.6) is 0 Å². The maximum Gasteiger partial charge on any atom is 0.322 e. The molecule has 0 saturated heterocycles. The molecule has 0 atom stereocenters. The number of amides is 2. The lowest BCUT2D eigenvalue weighted by Gasteiger charge is -2.23. The number of hydrogen-bond acceptors (Lipinski definition) is 2. The third-order valence-electron chi connectivity index (χ3n) is 4.33. The van der Waals surface area contributed by atoms with Crippen LogP contribution in [0.2, 0.25) is 15.1 Å². The number of benzene rings is 2. The molecule has 1 heterocycles. The molecular formula is C22H20Cl3N3O. The van der Waals surface area contributed by atoms with E-state index in [4.69, 9.17) is 34.8 Å². The summed E-state index contributed by atoms with van der Waals surface area (Å²) < 4.78 is 0. The molecule has 3 aromatic rings. The van der Waals surface area contributed by atoms with Crippen molar-refractivity contribution in [3.8, 4) is 0 Å². The van der Waals surface area contributed by atoms with E-state index in [1.807, 2.05) is 31.2 Å². The van der Waals surface area contributed by atoms with Crippen LogP contribution in [0.1, 0.15) is 17.0 Å². The van der Waals surface area contributed by atoms with Crippen LogP contribution in [0.4, 0.5) is 10.5 Å². The molecule has 3 rings (SSSR count). The summed E-state index contributed by atoms with van der Waals surface area (Å²) in [5, 5.41) is 4.62. The Morgan fingerprint density at radius 2 is 1.76 bits per heavy atom. The highest BCUT2D eigenvalue weighted by atomic mass is 35.5. The highest BCUT2D eigenvalue weighted by Crippen LogP contribution is 2.22. The van der Waals surface area contributed by atoms with Crippen molar-refractivity contribution in [2.45, 2.75) is 19.9 Å². The predicted molar refractivity (Wildman–Crippen MR) is 120 cm³/mol. The molecule has 4 nitrogen and oxygen atoms in total. The zero-order chi connectivity index (χ0) is 20.8. The molecule has 0 unspecified atom stereocenters. The summed E-state index contributed by atoms with van der Waals surface area (Å²) in [6, 6.07) is 17.9. The summed E-state index contributed by atoms with van der Waals surface area (Å²) in [7, 11) is 0. The number of aryl methyl sites for hydroxylation is 1. The lowest BCUT2D eigenvalue weighted by Crippen LogP contribution is -2.36. The summed E-state index contributed by atoms with van der Waals surface area (Å²) >= 11 is 18.3. The van der Waals surface area contributed by atoms with Crippen molar-refractivity contribution in [1.29, 1.82) is 0 Å². The van der Waals surface area contributed by atoms with Gasteiger partial charge in [0.05, 0.1) is 12.2 Å². The summed E-state index contributed by atoms with van der Waals surface area (Å²) in [6.45, 7) is 2.76. The van der Waals surface area contributed by atoms with Gasteiger partial charge in [-0.1, -0.05) is 53.0 Å². The van der Waals surface area contributed by atoms with Crippen molar-refractivity contribution < 1.29 is 4.79 Å². The highest BCUT2D eigenvalue weighted by Gasteiger charge is 2.16. The van der Waals surface area contributed by atoms with Gasteiger partial charge in [0, 0.05) is 33.0 Å². The monoisotopic (exact) mass is 447 g/mol. The van der Waals surface area contributed by atoms with Crippen molar-refractivity contribution in [2.75, 3.05) is 11.9 Å². The van der Waals surface area contributed by atoms with Gasteiger partial charge in [-0.25, -0.2) is 4.79 Å².